The molecule has 1 unspecified atom stereocenters. The zero-order valence-corrected chi connectivity index (χ0v) is 16.7. The van der Waals surface area contributed by atoms with Gasteiger partial charge in [-0.3, -0.25) is 19.7 Å². The van der Waals surface area contributed by atoms with Crippen molar-refractivity contribution >= 4 is 11.6 Å². The highest BCUT2D eigenvalue weighted by Crippen LogP contribution is 2.22. The molecule has 30 heavy (non-hydrogen) atoms. The van der Waals surface area contributed by atoms with E-state index in [-0.39, 0.29) is 23.1 Å². The maximum absolute atomic E-state index is 12.9. The second kappa shape index (κ2) is 9.13. The first-order chi connectivity index (χ1) is 14.4. The molecule has 3 rings (SSSR count). The number of nitrogens with zero attached hydrogens (tertiary/aromatic N) is 3. The van der Waals surface area contributed by atoms with Crippen LogP contribution in [0.1, 0.15) is 47.6 Å². The Morgan fingerprint density at radius 1 is 1.17 bits per heavy atom. The fourth-order valence-corrected chi connectivity index (χ4v) is 3.27. The summed E-state index contributed by atoms with van der Waals surface area (Å²) in [7, 11) is 0. The van der Waals surface area contributed by atoms with Crippen LogP contribution in [0.15, 0.2) is 65.5 Å². The SMILES string of the molecule is CCCC(NC(=O)c1nn(-c2ccccc2[N+](=O)[O-])c(C)cc1=O)c1ccccc1. The monoisotopic (exact) mass is 406 g/mol. The van der Waals surface area contributed by atoms with Crippen LogP contribution in [0.3, 0.4) is 0 Å². The van der Waals surface area contributed by atoms with Gasteiger partial charge >= 0.3 is 0 Å². The molecule has 154 valence electrons. The maximum Gasteiger partial charge on any atom is 0.294 e. The van der Waals surface area contributed by atoms with Gasteiger partial charge in [-0.25, -0.2) is 4.68 Å². The normalized spacial score (nSPS) is 11.7. The van der Waals surface area contributed by atoms with Gasteiger partial charge in [0, 0.05) is 17.8 Å². The van der Waals surface area contributed by atoms with E-state index >= 15 is 0 Å². The minimum absolute atomic E-state index is 0.170. The average molecular weight is 406 g/mol. The third-order valence-corrected chi connectivity index (χ3v) is 4.71. The minimum Gasteiger partial charge on any atom is -0.344 e. The van der Waals surface area contributed by atoms with Crippen molar-refractivity contribution in [2.45, 2.75) is 32.7 Å². The Hall–Kier alpha value is -3.81. The largest absolute Gasteiger partial charge is 0.344 e. The minimum atomic E-state index is -0.616. The smallest absolute Gasteiger partial charge is 0.294 e. The molecule has 0 fully saturated rings. The van der Waals surface area contributed by atoms with E-state index in [1.54, 1.807) is 19.1 Å². The molecule has 8 nitrogen and oxygen atoms in total. The Bertz CT molecular complexity index is 1130. The van der Waals surface area contributed by atoms with Crippen molar-refractivity contribution in [2.75, 3.05) is 0 Å². The molecule has 1 aromatic heterocycles. The number of benzene rings is 2. The molecule has 1 atom stereocenters. The van der Waals surface area contributed by atoms with Crippen LogP contribution in [0, 0.1) is 17.0 Å². The van der Waals surface area contributed by atoms with Crippen LogP contribution in [-0.4, -0.2) is 20.6 Å². The molecule has 0 saturated heterocycles. The lowest BCUT2D eigenvalue weighted by Crippen LogP contribution is -2.34. The summed E-state index contributed by atoms with van der Waals surface area (Å²) in [5.74, 6) is -0.616. The van der Waals surface area contributed by atoms with Gasteiger partial charge in [-0.1, -0.05) is 55.8 Å². The van der Waals surface area contributed by atoms with E-state index in [2.05, 4.69) is 10.4 Å². The highest BCUT2D eigenvalue weighted by Gasteiger charge is 2.22. The van der Waals surface area contributed by atoms with Gasteiger partial charge in [0.25, 0.3) is 11.6 Å². The zero-order valence-electron chi connectivity index (χ0n) is 16.7. The van der Waals surface area contributed by atoms with E-state index < -0.39 is 16.3 Å². The van der Waals surface area contributed by atoms with Crippen LogP contribution in [-0.2, 0) is 0 Å². The van der Waals surface area contributed by atoms with Gasteiger partial charge < -0.3 is 5.32 Å². The third-order valence-electron chi connectivity index (χ3n) is 4.71. The Kier molecular flexibility index (Phi) is 6.36. The van der Waals surface area contributed by atoms with Crippen LogP contribution < -0.4 is 10.7 Å². The molecule has 0 saturated carbocycles. The Morgan fingerprint density at radius 2 is 1.83 bits per heavy atom. The number of carbonyl (C=O) groups excluding carboxylic acids is 1. The Morgan fingerprint density at radius 3 is 2.50 bits per heavy atom. The first kappa shape index (κ1) is 20.9. The highest BCUT2D eigenvalue weighted by molar-refractivity contribution is 5.92. The second-order valence-corrected chi connectivity index (χ2v) is 6.88. The number of aryl methyl sites for hydroxylation is 1. The lowest BCUT2D eigenvalue weighted by atomic mass is 10.0. The molecule has 1 heterocycles. The first-order valence-electron chi connectivity index (χ1n) is 9.63. The van der Waals surface area contributed by atoms with Crippen molar-refractivity contribution in [3.63, 3.8) is 0 Å². The van der Waals surface area contributed by atoms with Crippen LogP contribution >= 0.6 is 0 Å². The fraction of sp³-hybridized carbons (Fsp3) is 0.227. The van der Waals surface area contributed by atoms with Crippen LogP contribution in [0.25, 0.3) is 5.69 Å². The van der Waals surface area contributed by atoms with E-state index in [9.17, 15) is 19.7 Å². The van der Waals surface area contributed by atoms with Gasteiger partial charge in [-0.2, -0.15) is 5.10 Å². The summed E-state index contributed by atoms with van der Waals surface area (Å²) in [5, 5.41) is 18.4. The van der Waals surface area contributed by atoms with Gasteiger partial charge in [0.05, 0.1) is 11.0 Å². The molecule has 2 aromatic carbocycles. The number of nitrogens with one attached hydrogen (secondary N) is 1. The number of rotatable bonds is 7. The van der Waals surface area contributed by atoms with E-state index in [1.807, 2.05) is 37.3 Å². The summed E-state index contributed by atoms with van der Waals surface area (Å²) in [6.07, 6.45) is 1.53. The number of hydrogen-bond donors (Lipinski definition) is 1. The summed E-state index contributed by atoms with van der Waals surface area (Å²) in [4.78, 5) is 36.3. The molecule has 0 radical (unpaired) electrons. The molecule has 8 heteroatoms. The molecule has 0 aliphatic carbocycles. The lowest BCUT2D eigenvalue weighted by Gasteiger charge is -2.19. The molecule has 0 aliphatic rings. The third kappa shape index (κ3) is 4.43. The summed E-state index contributed by atoms with van der Waals surface area (Å²) >= 11 is 0. The summed E-state index contributed by atoms with van der Waals surface area (Å²) in [5.41, 5.74) is 0.482. The molecular formula is C22H22N4O4. The first-order valence-corrected chi connectivity index (χ1v) is 9.63. The van der Waals surface area contributed by atoms with Gasteiger partial charge in [0.15, 0.2) is 5.69 Å². The standard InChI is InChI=1S/C22H22N4O4/c1-3-9-17(16-10-5-4-6-11-16)23-22(28)21-20(27)14-15(2)25(24-21)18-12-7-8-13-19(18)26(29)30/h4-8,10-14,17H,3,9H2,1-2H3,(H,23,28). The molecule has 0 spiro atoms. The number of nitro benzene ring substituents is 1. The number of nitro groups is 1. The van der Waals surface area contributed by atoms with Gasteiger partial charge in [0.1, 0.15) is 5.69 Å². The zero-order chi connectivity index (χ0) is 21.7. The predicted molar refractivity (Wildman–Crippen MR) is 113 cm³/mol. The number of para-hydroxylation sites is 2. The number of carbonyl (C=O) groups is 1. The summed E-state index contributed by atoms with van der Waals surface area (Å²) < 4.78 is 1.26. The van der Waals surface area contributed by atoms with Crippen molar-refractivity contribution < 1.29 is 9.72 Å². The van der Waals surface area contributed by atoms with Crippen molar-refractivity contribution in [3.8, 4) is 5.69 Å². The van der Waals surface area contributed by atoms with Crippen LogP contribution in [0.2, 0.25) is 0 Å². The van der Waals surface area contributed by atoms with Crippen molar-refractivity contribution in [1.82, 2.24) is 15.1 Å². The Labute approximate surface area is 173 Å². The molecular weight excluding hydrogens is 384 g/mol. The summed E-state index contributed by atoms with van der Waals surface area (Å²) in [6.45, 7) is 3.62. The summed E-state index contributed by atoms with van der Waals surface area (Å²) in [6, 6.07) is 16.5. The van der Waals surface area contributed by atoms with Crippen LogP contribution in [0.4, 0.5) is 5.69 Å². The topological polar surface area (TPSA) is 107 Å². The molecule has 1 N–H and O–H groups in total. The molecule has 0 aliphatic heterocycles. The van der Waals surface area contributed by atoms with Crippen molar-refractivity contribution in [2.24, 2.45) is 0 Å². The van der Waals surface area contributed by atoms with Gasteiger partial charge in [0.2, 0.25) is 5.43 Å². The van der Waals surface area contributed by atoms with E-state index in [0.29, 0.717) is 12.1 Å². The second-order valence-electron chi connectivity index (χ2n) is 6.88. The predicted octanol–water partition coefficient (Wildman–Crippen LogP) is 3.72. The van der Waals surface area contributed by atoms with E-state index in [4.69, 9.17) is 0 Å². The Balaban J connectivity index is 2.01. The van der Waals surface area contributed by atoms with Gasteiger partial charge in [-0.15, -0.1) is 0 Å². The van der Waals surface area contributed by atoms with E-state index in [0.717, 1.165) is 12.0 Å². The van der Waals surface area contributed by atoms with Crippen molar-refractivity contribution in [1.29, 1.82) is 0 Å². The van der Waals surface area contributed by atoms with Crippen molar-refractivity contribution in [3.05, 3.63) is 98.0 Å². The maximum atomic E-state index is 12.9. The number of hydrogen-bond acceptors (Lipinski definition) is 5. The number of aromatic nitrogens is 2. The highest BCUT2D eigenvalue weighted by atomic mass is 16.6. The molecule has 0 bridgehead atoms. The quantitative estimate of drug-likeness (QED) is 0.475. The van der Waals surface area contributed by atoms with Crippen LogP contribution in [0.5, 0.6) is 0 Å². The number of amides is 1. The average Bonchev–Trinajstić information content (AvgIpc) is 2.74. The molecule has 3 aromatic rings. The molecule has 1 amide bonds. The lowest BCUT2D eigenvalue weighted by molar-refractivity contribution is -0.384. The fourth-order valence-electron chi connectivity index (χ4n) is 3.27. The van der Waals surface area contributed by atoms with Gasteiger partial charge in [-0.05, 0) is 25.0 Å². The van der Waals surface area contributed by atoms with E-state index in [1.165, 1.54) is 22.9 Å².